The van der Waals surface area contributed by atoms with Gasteiger partial charge in [0.2, 0.25) is 0 Å². The summed E-state index contributed by atoms with van der Waals surface area (Å²) >= 11 is 7.20. The minimum absolute atomic E-state index is 0.0139. The number of nitrogens with zero attached hydrogens (tertiary/aromatic N) is 1. The van der Waals surface area contributed by atoms with Crippen molar-refractivity contribution in [3.05, 3.63) is 56.7 Å². The van der Waals surface area contributed by atoms with E-state index in [1.807, 2.05) is 0 Å². The molecule has 0 saturated carbocycles. The van der Waals surface area contributed by atoms with Crippen molar-refractivity contribution in [1.82, 2.24) is 5.32 Å². The number of thiocarbonyl (C=S) groups is 1. The highest BCUT2D eigenvalue weighted by atomic mass is 127. The van der Waals surface area contributed by atoms with Gasteiger partial charge in [0.15, 0.2) is 16.6 Å². The van der Waals surface area contributed by atoms with Gasteiger partial charge in [0.25, 0.3) is 11.8 Å². The molecular weight excluding hydrogens is 523 g/mol. The average molecular weight is 538 g/mol. The monoisotopic (exact) mass is 538 g/mol. The first-order chi connectivity index (χ1) is 14.3. The van der Waals surface area contributed by atoms with Crippen LogP contribution in [-0.2, 0) is 9.59 Å². The second kappa shape index (κ2) is 8.79. The van der Waals surface area contributed by atoms with Crippen molar-refractivity contribution in [3.8, 4) is 11.5 Å². The number of carboxylic acid groups (broad SMARTS) is 1. The van der Waals surface area contributed by atoms with E-state index >= 15 is 0 Å². The van der Waals surface area contributed by atoms with E-state index in [9.17, 15) is 19.5 Å². The van der Waals surface area contributed by atoms with Crippen LogP contribution in [0.25, 0.3) is 6.08 Å². The quantitative estimate of drug-likeness (QED) is 0.261. The first-order valence-corrected chi connectivity index (χ1v) is 9.92. The molecule has 0 atom stereocenters. The number of carbonyl (C=O) groups is 3. The highest BCUT2D eigenvalue weighted by molar-refractivity contribution is 14.1. The van der Waals surface area contributed by atoms with E-state index < -0.39 is 17.8 Å². The van der Waals surface area contributed by atoms with Crippen LogP contribution in [0.5, 0.6) is 11.5 Å². The number of nitrogens with one attached hydrogen (secondary N) is 1. The van der Waals surface area contributed by atoms with E-state index in [4.69, 9.17) is 21.7 Å². The molecule has 154 valence electrons. The zero-order valence-electron chi connectivity index (χ0n) is 15.8. The number of amides is 2. The number of methoxy groups -OCH3 is 2. The maximum atomic E-state index is 13.1. The van der Waals surface area contributed by atoms with Gasteiger partial charge >= 0.3 is 5.97 Å². The first-order valence-electron chi connectivity index (χ1n) is 8.43. The number of ether oxygens (including phenoxy) is 2. The molecule has 3 rings (SSSR count). The van der Waals surface area contributed by atoms with Crippen molar-refractivity contribution in [2.45, 2.75) is 0 Å². The smallest absolute Gasteiger partial charge is 0.335 e. The summed E-state index contributed by atoms with van der Waals surface area (Å²) in [6.07, 6.45) is 1.41. The number of rotatable bonds is 5. The molecule has 2 N–H and O–H groups in total. The Labute approximate surface area is 190 Å². The Kier molecular flexibility index (Phi) is 6.37. The van der Waals surface area contributed by atoms with Gasteiger partial charge in [-0.1, -0.05) is 6.07 Å². The number of halogens is 1. The summed E-state index contributed by atoms with van der Waals surface area (Å²) in [6, 6.07) is 9.09. The number of carbonyl (C=O) groups excluding carboxylic acids is 2. The lowest BCUT2D eigenvalue weighted by atomic mass is 10.1. The molecule has 1 aliphatic heterocycles. The average Bonchev–Trinajstić information content (AvgIpc) is 2.70. The molecule has 0 radical (unpaired) electrons. The SMILES string of the molecule is COc1cc(C=C2C(=O)NC(=S)N(c3cccc(C(=O)O)c3)C2=O)cc(I)c1OC. The Balaban J connectivity index is 2.06. The van der Waals surface area contributed by atoms with Gasteiger partial charge < -0.3 is 14.6 Å². The van der Waals surface area contributed by atoms with Crippen molar-refractivity contribution < 1.29 is 29.0 Å². The lowest BCUT2D eigenvalue weighted by Crippen LogP contribution is -2.54. The van der Waals surface area contributed by atoms with Crippen LogP contribution in [0.4, 0.5) is 5.69 Å². The Hall–Kier alpha value is -2.99. The van der Waals surface area contributed by atoms with Crippen LogP contribution in [0.15, 0.2) is 42.0 Å². The van der Waals surface area contributed by atoms with Crippen LogP contribution in [0.1, 0.15) is 15.9 Å². The first kappa shape index (κ1) is 21.7. The number of carboxylic acids is 1. The highest BCUT2D eigenvalue weighted by Crippen LogP contribution is 2.34. The Bertz CT molecular complexity index is 1110. The maximum Gasteiger partial charge on any atom is 0.335 e. The van der Waals surface area contributed by atoms with Gasteiger partial charge in [0.05, 0.1) is 29.0 Å². The predicted octanol–water partition coefficient (Wildman–Crippen LogP) is 2.84. The zero-order chi connectivity index (χ0) is 22.0. The second-order valence-electron chi connectivity index (χ2n) is 6.05. The van der Waals surface area contributed by atoms with Gasteiger partial charge in [-0.3, -0.25) is 19.8 Å². The van der Waals surface area contributed by atoms with Crippen molar-refractivity contribution in [2.75, 3.05) is 19.1 Å². The molecule has 8 nitrogen and oxygen atoms in total. The van der Waals surface area contributed by atoms with Gasteiger partial charge in [0.1, 0.15) is 5.57 Å². The number of aromatic carboxylic acids is 1. The summed E-state index contributed by atoms with van der Waals surface area (Å²) in [5.74, 6) is -1.49. The zero-order valence-corrected chi connectivity index (χ0v) is 18.7. The maximum absolute atomic E-state index is 13.1. The van der Waals surface area contributed by atoms with Crippen LogP contribution >= 0.6 is 34.8 Å². The van der Waals surface area contributed by atoms with E-state index in [1.165, 1.54) is 44.6 Å². The molecule has 30 heavy (non-hydrogen) atoms. The fraction of sp³-hybridized carbons (Fsp3) is 0.100. The molecule has 0 unspecified atom stereocenters. The largest absolute Gasteiger partial charge is 0.493 e. The van der Waals surface area contributed by atoms with Crippen LogP contribution in [0.3, 0.4) is 0 Å². The molecule has 10 heteroatoms. The molecule has 1 fully saturated rings. The number of hydrogen-bond donors (Lipinski definition) is 2. The Morgan fingerprint density at radius 3 is 2.57 bits per heavy atom. The third-order valence-electron chi connectivity index (χ3n) is 4.22. The third-order valence-corrected chi connectivity index (χ3v) is 5.31. The summed E-state index contributed by atoms with van der Waals surface area (Å²) < 4.78 is 11.3. The summed E-state index contributed by atoms with van der Waals surface area (Å²) in [6.45, 7) is 0. The lowest BCUT2D eigenvalue weighted by molar-refractivity contribution is -0.122. The Morgan fingerprint density at radius 1 is 1.20 bits per heavy atom. The fourth-order valence-corrected chi connectivity index (χ4v) is 3.98. The van der Waals surface area contributed by atoms with Crippen LogP contribution in [-0.4, -0.2) is 42.2 Å². The number of hydrogen-bond acceptors (Lipinski definition) is 6. The van der Waals surface area contributed by atoms with Gasteiger partial charge in [-0.05, 0) is 76.8 Å². The normalized spacial score (nSPS) is 15.2. The molecule has 1 aliphatic rings. The predicted molar refractivity (Wildman–Crippen MR) is 122 cm³/mol. The van der Waals surface area contributed by atoms with Crippen molar-refractivity contribution >= 4 is 69.5 Å². The van der Waals surface area contributed by atoms with E-state index in [0.29, 0.717) is 17.1 Å². The molecule has 0 aromatic heterocycles. The summed E-state index contributed by atoms with van der Waals surface area (Å²) in [7, 11) is 3.00. The molecule has 0 spiro atoms. The number of anilines is 1. The Morgan fingerprint density at radius 2 is 1.93 bits per heavy atom. The van der Waals surface area contributed by atoms with Crippen molar-refractivity contribution in [1.29, 1.82) is 0 Å². The summed E-state index contributed by atoms with van der Waals surface area (Å²) in [5.41, 5.74) is 0.604. The molecular formula is C20H15IN2O6S. The minimum atomic E-state index is -1.15. The van der Waals surface area contributed by atoms with Gasteiger partial charge in [-0.15, -0.1) is 0 Å². The molecule has 2 aromatic rings. The molecule has 2 amide bonds. The molecule has 1 heterocycles. The van der Waals surface area contributed by atoms with Gasteiger partial charge in [-0.25, -0.2) is 4.79 Å². The molecule has 2 aromatic carbocycles. The fourth-order valence-electron chi connectivity index (χ4n) is 2.86. The summed E-state index contributed by atoms with van der Waals surface area (Å²) in [4.78, 5) is 37.9. The van der Waals surface area contributed by atoms with Crippen molar-refractivity contribution in [2.24, 2.45) is 0 Å². The molecule has 1 saturated heterocycles. The number of benzene rings is 2. The molecule has 0 aliphatic carbocycles. The molecule has 0 bridgehead atoms. The summed E-state index contributed by atoms with van der Waals surface area (Å²) in [5, 5.41) is 11.5. The van der Waals surface area contributed by atoms with Gasteiger partial charge in [0, 0.05) is 0 Å². The van der Waals surface area contributed by atoms with Crippen LogP contribution in [0, 0.1) is 3.57 Å². The van der Waals surface area contributed by atoms with E-state index in [0.717, 1.165) is 8.47 Å². The van der Waals surface area contributed by atoms with Crippen LogP contribution in [0.2, 0.25) is 0 Å². The van der Waals surface area contributed by atoms with Crippen molar-refractivity contribution in [3.63, 3.8) is 0 Å². The topological polar surface area (TPSA) is 105 Å². The lowest BCUT2D eigenvalue weighted by Gasteiger charge is -2.29. The van der Waals surface area contributed by atoms with E-state index in [-0.39, 0.29) is 21.9 Å². The standard InChI is InChI=1S/C20H15IN2O6S/c1-28-15-8-10(7-14(21)16(15)29-2)6-13-17(24)22-20(30)23(18(13)25)12-5-3-4-11(9-12)19(26)27/h3-9H,1-2H3,(H,26,27)(H,22,24,30). The van der Waals surface area contributed by atoms with Gasteiger partial charge in [-0.2, -0.15) is 0 Å². The second-order valence-corrected chi connectivity index (χ2v) is 7.60. The van der Waals surface area contributed by atoms with Crippen LogP contribution < -0.4 is 19.7 Å². The minimum Gasteiger partial charge on any atom is -0.493 e. The highest BCUT2D eigenvalue weighted by Gasteiger charge is 2.34. The third kappa shape index (κ3) is 4.14. The van der Waals surface area contributed by atoms with E-state index in [1.54, 1.807) is 12.1 Å². The van der Waals surface area contributed by atoms with E-state index in [2.05, 4.69) is 27.9 Å².